The van der Waals surface area contributed by atoms with Crippen LogP contribution in [0.1, 0.15) is 27.2 Å². The summed E-state index contributed by atoms with van der Waals surface area (Å²) in [5.74, 6) is 0.104. The third-order valence-corrected chi connectivity index (χ3v) is 2.60. The largest absolute Gasteiger partial charge is 0.383 e. The van der Waals surface area contributed by atoms with Crippen molar-refractivity contribution in [1.29, 1.82) is 0 Å². The molecule has 0 unspecified atom stereocenters. The summed E-state index contributed by atoms with van der Waals surface area (Å²) >= 11 is 0. The minimum atomic E-state index is 0.104. The van der Waals surface area contributed by atoms with E-state index in [1.807, 2.05) is 18.7 Å². The van der Waals surface area contributed by atoms with E-state index in [9.17, 15) is 4.79 Å². The lowest BCUT2D eigenvalue weighted by Crippen LogP contribution is -2.36. The SMILES string of the molecule is COC[C@@H]1C[C@@H](OC(C)C)CN1C(C)=O. The Labute approximate surface area is 91.5 Å². The molecule has 88 valence electrons. The lowest BCUT2D eigenvalue weighted by atomic mass is 10.2. The normalized spacial score (nSPS) is 26.3. The number of ether oxygens (including phenoxy) is 2. The smallest absolute Gasteiger partial charge is 0.219 e. The third-order valence-electron chi connectivity index (χ3n) is 2.60. The van der Waals surface area contributed by atoms with Crippen LogP contribution in [0.2, 0.25) is 0 Å². The van der Waals surface area contributed by atoms with E-state index in [-0.39, 0.29) is 24.2 Å². The van der Waals surface area contributed by atoms with Crippen LogP contribution in [-0.2, 0) is 14.3 Å². The Balaban J connectivity index is 2.52. The van der Waals surface area contributed by atoms with Gasteiger partial charge in [-0.2, -0.15) is 0 Å². The molecule has 0 radical (unpaired) electrons. The van der Waals surface area contributed by atoms with Crippen molar-refractivity contribution in [3.05, 3.63) is 0 Å². The molecule has 0 aromatic rings. The van der Waals surface area contributed by atoms with Crippen molar-refractivity contribution in [2.24, 2.45) is 0 Å². The van der Waals surface area contributed by atoms with E-state index in [0.29, 0.717) is 13.2 Å². The van der Waals surface area contributed by atoms with Crippen LogP contribution in [0.4, 0.5) is 0 Å². The first-order valence-corrected chi connectivity index (χ1v) is 5.46. The minimum Gasteiger partial charge on any atom is -0.383 e. The lowest BCUT2D eigenvalue weighted by molar-refractivity contribution is -0.131. The molecule has 1 saturated heterocycles. The van der Waals surface area contributed by atoms with Crippen molar-refractivity contribution in [1.82, 2.24) is 4.90 Å². The van der Waals surface area contributed by atoms with Gasteiger partial charge in [0.15, 0.2) is 0 Å². The minimum absolute atomic E-state index is 0.104. The highest BCUT2D eigenvalue weighted by atomic mass is 16.5. The highest BCUT2D eigenvalue weighted by Crippen LogP contribution is 2.21. The number of hydrogen-bond donors (Lipinski definition) is 0. The molecule has 1 amide bonds. The summed E-state index contributed by atoms with van der Waals surface area (Å²) in [5.41, 5.74) is 0. The van der Waals surface area contributed by atoms with E-state index >= 15 is 0 Å². The van der Waals surface area contributed by atoms with E-state index in [1.54, 1.807) is 14.0 Å². The van der Waals surface area contributed by atoms with Crippen molar-refractivity contribution in [2.75, 3.05) is 20.3 Å². The molecule has 1 aliphatic heterocycles. The van der Waals surface area contributed by atoms with Crippen molar-refractivity contribution in [3.63, 3.8) is 0 Å². The number of carbonyl (C=O) groups is 1. The fourth-order valence-corrected chi connectivity index (χ4v) is 2.09. The topological polar surface area (TPSA) is 38.8 Å². The summed E-state index contributed by atoms with van der Waals surface area (Å²) in [6, 6.07) is 0.177. The number of likely N-dealkylation sites (tertiary alicyclic amines) is 1. The van der Waals surface area contributed by atoms with Crippen LogP contribution in [0.25, 0.3) is 0 Å². The van der Waals surface area contributed by atoms with Crippen LogP contribution in [0.5, 0.6) is 0 Å². The molecule has 1 heterocycles. The first kappa shape index (κ1) is 12.5. The van der Waals surface area contributed by atoms with Gasteiger partial charge in [-0.05, 0) is 20.3 Å². The number of hydrogen-bond acceptors (Lipinski definition) is 3. The van der Waals surface area contributed by atoms with Crippen LogP contribution < -0.4 is 0 Å². The quantitative estimate of drug-likeness (QED) is 0.703. The fraction of sp³-hybridized carbons (Fsp3) is 0.909. The monoisotopic (exact) mass is 215 g/mol. The van der Waals surface area contributed by atoms with Crippen LogP contribution in [0.3, 0.4) is 0 Å². The molecular weight excluding hydrogens is 194 g/mol. The molecule has 0 aromatic heterocycles. The van der Waals surface area contributed by atoms with Gasteiger partial charge in [0.25, 0.3) is 0 Å². The Morgan fingerprint density at radius 2 is 2.20 bits per heavy atom. The molecule has 0 bridgehead atoms. The Morgan fingerprint density at radius 1 is 1.53 bits per heavy atom. The predicted octanol–water partition coefficient (Wildman–Crippen LogP) is 1.05. The van der Waals surface area contributed by atoms with E-state index in [2.05, 4.69) is 0 Å². The molecule has 15 heavy (non-hydrogen) atoms. The molecule has 0 aromatic carbocycles. The van der Waals surface area contributed by atoms with Crippen LogP contribution in [0, 0.1) is 0 Å². The highest BCUT2D eigenvalue weighted by molar-refractivity contribution is 5.74. The second-order valence-electron chi connectivity index (χ2n) is 4.32. The summed E-state index contributed by atoms with van der Waals surface area (Å²) in [6.45, 7) is 6.92. The van der Waals surface area contributed by atoms with Crippen LogP contribution in [0.15, 0.2) is 0 Å². The van der Waals surface area contributed by atoms with E-state index < -0.39 is 0 Å². The van der Waals surface area contributed by atoms with Crippen molar-refractivity contribution in [2.45, 2.75) is 45.4 Å². The molecule has 0 saturated carbocycles. The van der Waals surface area contributed by atoms with Crippen LogP contribution in [-0.4, -0.2) is 49.3 Å². The number of methoxy groups -OCH3 is 1. The summed E-state index contributed by atoms with van der Waals surface area (Å²) in [5, 5.41) is 0. The molecule has 4 nitrogen and oxygen atoms in total. The Kier molecular flexibility index (Phi) is 4.54. The zero-order valence-corrected chi connectivity index (χ0v) is 10.0. The summed E-state index contributed by atoms with van der Waals surface area (Å²) in [7, 11) is 1.66. The van der Waals surface area contributed by atoms with Gasteiger partial charge >= 0.3 is 0 Å². The summed E-state index contributed by atoms with van der Waals surface area (Å²) < 4.78 is 10.8. The maximum atomic E-state index is 11.4. The second kappa shape index (κ2) is 5.47. The first-order chi connectivity index (χ1) is 7.04. The van der Waals surface area contributed by atoms with Gasteiger partial charge < -0.3 is 14.4 Å². The summed E-state index contributed by atoms with van der Waals surface area (Å²) in [4.78, 5) is 13.2. The standard InChI is InChI=1S/C11H21NO3/c1-8(2)15-11-5-10(7-14-4)12(6-11)9(3)13/h8,10-11H,5-7H2,1-4H3/t10-,11+/m0/s1. The Morgan fingerprint density at radius 3 is 2.67 bits per heavy atom. The Hall–Kier alpha value is -0.610. The predicted molar refractivity (Wildman–Crippen MR) is 57.7 cm³/mol. The van der Waals surface area contributed by atoms with Gasteiger partial charge in [-0.25, -0.2) is 0 Å². The molecule has 1 aliphatic rings. The molecule has 1 rings (SSSR count). The number of rotatable bonds is 4. The van der Waals surface area contributed by atoms with Gasteiger partial charge in [-0.15, -0.1) is 0 Å². The van der Waals surface area contributed by atoms with Crippen LogP contribution >= 0.6 is 0 Å². The van der Waals surface area contributed by atoms with Gasteiger partial charge in [0.1, 0.15) is 0 Å². The number of carbonyl (C=O) groups excluding carboxylic acids is 1. The van der Waals surface area contributed by atoms with E-state index in [0.717, 1.165) is 6.42 Å². The first-order valence-electron chi connectivity index (χ1n) is 5.46. The molecule has 2 atom stereocenters. The second-order valence-corrected chi connectivity index (χ2v) is 4.32. The average molecular weight is 215 g/mol. The maximum Gasteiger partial charge on any atom is 0.219 e. The van der Waals surface area contributed by atoms with Gasteiger partial charge in [0.2, 0.25) is 5.91 Å². The van der Waals surface area contributed by atoms with Gasteiger partial charge in [0, 0.05) is 20.6 Å². The molecule has 0 spiro atoms. The van der Waals surface area contributed by atoms with Crippen molar-refractivity contribution >= 4 is 5.91 Å². The molecule has 0 N–H and O–H groups in total. The lowest BCUT2D eigenvalue weighted by Gasteiger charge is -2.21. The zero-order chi connectivity index (χ0) is 11.4. The number of amides is 1. The Bertz CT molecular complexity index is 218. The van der Waals surface area contributed by atoms with Gasteiger partial charge in [0.05, 0.1) is 24.9 Å². The van der Waals surface area contributed by atoms with E-state index in [4.69, 9.17) is 9.47 Å². The third kappa shape index (κ3) is 3.47. The average Bonchev–Trinajstić information content (AvgIpc) is 2.47. The van der Waals surface area contributed by atoms with Gasteiger partial charge in [-0.3, -0.25) is 4.79 Å². The number of nitrogens with zero attached hydrogens (tertiary/aromatic N) is 1. The molecular formula is C11H21NO3. The molecule has 4 heteroatoms. The highest BCUT2D eigenvalue weighted by Gasteiger charge is 2.34. The fourth-order valence-electron chi connectivity index (χ4n) is 2.09. The van der Waals surface area contributed by atoms with Crippen molar-refractivity contribution in [3.8, 4) is 0 Å². The molecule has 1 fully saturated rings. The summed E-state index contributed by atoms with van der Waals surface area (Å²) in [6.07, 6.45) is 1.25. The molecule has 0 aliphatic carbocycles. The van der Waals surface area contributed by atoms with Crippen molar-refractivity contribution < 1.29 is 14.3 Å². The van der Waals surface area contributed by atoms with Gasteiger partial charge in [-0.1, -0.05) is 0 Å². The van der Waals surface area contributed by atoms with E-state index in [1.165, 1.54) is 0 Å². The zero-order valence-electron chi connectivity index (χ0n) is 10.0. The maximum absolute atomic E-state index is 11.4.